The van der Waals surface area contributed by atoms with E-state index in [1.807, 2.05) is 24.3 Å². The summed E-state index contributed by atoms with van der Waals surface area (Å²) in [7, 11) is 0. The number of ketones is 1. The van der Waals surface area contributed by atoms with Crippen molar-refractivity contribution in [1.82, 2.24) is 15.5 Å². The smallest absolute Gasteiger partial charge is 0.234 e. The van der Waals surface area contributed by atoms with Gasteiger partial charge < -0.3 is 15.5 Å². The first-order chi connectivity index (χ1) is 13.5. The molecule has 29 heavy (non-hydrogen) atoms. The standard InChI is InChI=1S/C23H36N4O2/c1-17(28)18-6-8-20(9-7-18)27-12-10-26(11-13-27)16-21(29)24-19-14-22(2,3)25-23(4,5)15-19/h6-9,19,25H,10-16H2,1-5H3,(H,24,29). The molecule has 0 radical (unpaired) electrons. The summed E-state index contributed by atoms with van der Waals surface area (Å²) in [6.07, 6.45) is 1.90. The minimum atomic E-state index is 0.0310. The number of nitrogens with zero attached hydrogens (tertiary/aromatic N) is 2. The molecular formula is C23H36N4O2. The van der Waals surface area contributed by atoms with E-state index in [2.05, 4.69) is 48.1 Å². The molecule has 1 aromatic carbocycles. The number of rotatable bonds is 5. The van der Waals surface area contributed by atoms with Crippen LogP contribution in [0.15, 0.2) is 24.3 Å². The molecule has 2 fully saturated rings. The number of amides is 1. The molecule has 3 rings (SSSR count). The Hall–Kier alpha value is -1.92. The Kier molecular flexibility index (Phi) is 6.34. The van der Waals surface area contributed by atoms with Gasteiger partial charge in [-0.3, -0.25) is 14.5 Å². The van der Waals surface area contributed by atoms with Gasteiger partial charge in [-0.15, -0.1) is 0 Å². The van der Waals surface area contributed by atoms with Gasteiger partial charge in [0.25, 0.3) is 0 Å². The van der Waals surface area contributed by atoms with Crippen molar-refractivity contribution in [2.24, 2.45) is 0 Å². The molecule has 0 bridgehead atoms. The van der Waals surface area contributed by atoms with Crippen LogP contribution in [-0.4, -0.2) is 66.4 Å². The van der Waals surface area contributed by atoms with Crippen LogP contribution in [-0.2, 0) is 4.79 Å². The Labute approximate surface area is 175 Å². The summed E-state index contributed by atoms with van der Waals surface area (Å²) in [5, 5.41) is 6.93. The van der Waals surface area contributed by atoms with Crippen LogP contribution in [0.5, 0.6) is 0 Å². The first-order valence-corrected chi connectivity index (χ1v) is 10.7. The predicted octanol–water partition coefficient (Wildman–Crippen LogP) is 2.44. The van der Waals surface area contributed by atoms with Crippen molar-refractivity contribution in [3.63, 3.8) is 0 Å². The second-order valence-electron chi connectivity index (χ2n) is 9.93. The number of piperidine rings is 1. The molecule has 2 N–H and O–H groups in total. The number of nitrogens with one attached hydrogen (secondary N) is 2. The zero-order valence-electron chi connectivity index (χ0n) is 18.5. The zero-order valence-corrected chi connectivity index (χ0v) is 18.5. The molecule has 2 aliphatic heterocycles. The number of hydrogen-bond donors (Lipinski definition) is 2. The number of Topliss-reactive ketones (excluding diaryl/α,β-unsaturated/α-hetero) is 1. The topological polar surface area (TPSA) is 64.7 Å². The Morgan fingerprint density at radius 1 is 1.00 bits per heavy atom. The summed E-state index contributed by atoms with van der Waals surface area (Å²) >= 11 is 0. The second-order valence-corrected chi connectivity index (χ2v) is 9.93. The third-order valence-corrected chi connectivity index (χ3v) is 5.93. The monoisotopic (exact) mass is 400 g/mol. The van der Waals surface area contributed by atoms with Crippen LogP contribution in [0.2, 0.25) is 0 Å². The van der Waals surface area contributed by atoms with E-state index >= 15 is 0 Å². The van der Waals surface area contributed by atoms with Gasteiger partial charge in [0.2, 0.25) is 5.91 Å². The van der Waals surface area contributed by atoms with Crippen LogP contribution in [0, 0.1) is 0 Å². The van der Waals surface area contributed by atoms with Crippen molar-refractivity contribution in [3.05, 3.63) is 29.8 Å². The van der Waals surface area contributed by atoms with Gasteiger partial charge in [-0.2, -0.15) is 0 Å². The third kappa shape index (κ3) is 6.03. The Morgan fingerprint density at radius 2 is 1.55 bits per heavy atom. The highest BCUT2D eigenvalue weighted by Gasteiger charge is 2.38. The highest BCUT2D eigenvalue weighted by Crippen LogP contribution is 2.28. The molecule has 0 unspecified atom stereocenters. The molecule has 0 saturated carbocycles. The van der Waals surface area contributed by atoms with E-state index in [9.17, 15) is 9.59 Å². The molecule has 6 nitrogen and oxygen atoms in total. The van der Waals surface area contributed by atoms with Crippen molar-refractivity contribution < 1.29 is 9.59 Å². The van der Waals surface area contributed by atoms with Crippen LogP contribution in [0.25, 0.3) is 0 Å². The van der Waals surface area contributed by atoms with Crippen molar-refractivity contribution in [3.8, 4) is 0 Å². The van der Waals surface area contributed by atoms with E-state index in [1.54, 1.807) is 6.92 Å². The molecular weight excluding hydrogens is 364 g/mol. The van der Waals surface area contributed by atoms with Crippen molar-refractivity contribution in [2.75, 3.05) is 37.6 Å². The normalized spacial score (nSPS) is 22.3. The quantitative estimate of drug-likeness (QED) is 0.744. The SMILES string of the molecule is CC(=O)c1ccc(N2CCN(CC(=O)NC3CC(C)(C)NC(C)(C)C3)CC2)cc1. The highest BCUT2D eigenvalue weighted by molar-refractivity contribution is 5.94. The molecule has 0 aromatic heterocycles. The van der Waals surface area contributed by atoms with E-state index in [1.165, 1.54) is 0 Å². The molecule has 160 valence electrons. The van der Waals surface area contributed by atoms with E-state index in [0.717, 1.165) is 50.3 Å². The summed E-state index contributed by atoms with van der Waals surface area (Å²) in [6.45, 7) is 14.4. The Balaban J connectivity index is 1.46. The third-order valence-electron chi connectivity index (χ3n) is 5.93. The van der Waals surface area contributed by atoms with Crippen molar-refractivity contribution >= 4 is 17.4 Å². The first kappa shape index (κ1) is 21.8. The summed E-state index contributed by atoms with van der Waals surface area (Å²) in [6, 6.07) is 8.02. The highest BCUT2D eigenvalue weighted by atomic mass is 16.2. The minimum absolute atomic E-state index is 0.0310. The molecule has 6 heteroatoms. The van der Waals surface area contributed by atoms with Gasteiger partial charge >= 0.3 is 0 Å². The van der Waals surface area contributed by atoms with Crippen LogP contribution in [0.1, 0.15) is 57.8 Å². The fraction of sp³-hybridized carbons (Fsp3) is 0.652. The van der Waals surface area contributed by atoms with E-state index < -0.39 is 0 Å². The van der Waals surface area contributed by atoms with Crippen LogP contribution in [0.3, 0.4) is 0 Å². The van der Waals surface area contributed by atoms with Gasteiger partial charge in [0.05, 0.1) is 6.54 Å². The van der Waals surface area contributed by atoms with Crippen LogP contribution >= 0.6 is 0 Å². The fourth-order valence-corrected chi connectivity index (χ4v) is 4.97. The molecule has 1 amide bonds. The Bertz CT molecular complexity index is 718. The van der Waals surface area contributed by atoms with Gasteiger partial charge in [-0.1, -0.05) is 0 Å². The average Bonchev–Trinajstić information content (AvgIpc) is 2.59. The van der Waals surface area contributed by atoms with Gasteiger partial charge in [0.15, 0.2) is 5.78 Å². The lowest BCUT2D eigenvalue weighted by atomic mass is 9.79. The van der Waals surface area contributed by atoms with Gasteiger partial charge in [-0.25, -0.2) is 0 Å². The average molecular weight is 401 g/mol. The summed E-state index contributed by atoms with van der Waals surface area (Å²) in [4.78, 5) is 28.6. The summed E-state index contributed by atoms with van der Waals surface area (Å²) in [5.41, 5.74) is 1.94. The molecule has 0 atom stereocenters. The van der Waals surface area contributed by atoms with Gasteiger partial charge in [0.1, 0.15) is 0 Å². The van der Waals surface area contributed by atoms with E-state index in [-0.39, 0.29) is 28.8 Å². The Morgan fingerprint density at radius 3 is 2.07 bits per heavy atom. The number of benzene rings is 1. The van der Waals surface area contributed by atoms with Gasteiger partial charge in [-0.05, 0) is 71.7 Å². The molecule has 2 heterocycles. The van der Waals surface area contributed by atoms with Crippen molar-refractivity contribution in [1.29, 1.82) is 0 Å². The maximum atomic E-state index is 12.6. The summed E-state index contributed by atoms with van der Waals surface area (Å²) in [5.74, 6) is 0.218. The maximum Gasteiger partial charge on any atom is 0.234 e. The largest absolute Gasteiger partial charge is 0.369 e. The lowest BCUT2D eigenvalue weighted by molar-refractivity contribution is -0.123. The van der Waals surface area contributed by atoms with Gasteiger partial charge in [0, 0.05) is 54.5 Å². The number of piperazine rings is 1. The minimum Gasteiger partial charge on any atom is -0.369 e. The predicted molar refractivity (Wildman–Crippen MR) is 118 cm³/mol. The molecule has 2 aliphatic rings. The molecule has 2 saturated heterocycles. The molecule has 0 aliphatic carbocycles. The van der Waals surface area contributed by atoms with Crippen LogP contribution in [0.4, 0.5) is 5.69 Å². The van der Waals surface area contributed by atoms with Crippen LogP contribution < -0.4 is 15.5 Å². The number of carbonyl (C=O) groups excluding carboxylic acids is 2. The fourth-order valence-electron chi connectivity index (χ4n) is 4.97. The number of carbonyl (C=O) groups is 2. The van der Waals surface area contributed by atoms with Crippen molar-refractivity contribution in [2.45, 2.75) is 64.6 Å². The molecule has 0 spiro atoms. The zero-order chi connectivity index (χ0) is 21.2. The number of anilines is 1. The molecule has 1 aromatic rings. The second kappa shape index (κ2) is 8.44. The first-order valence-electron chi connectivity index (χ1n) is 10.7. The lowest BCUT2D eigenvalue weighted by Gasteiger charge is -2.46. The van der Waals surface area contributed by atoms with E-state index in [0.29, 0.717) is 6.54 Å². The number of hydrogen-bond acceptors (Lipinski definition) is 5. The maximum absolute atomic E-state index is 12.6. The van der Waals surface area contributed by atoms with E-state index in [4.69, 9.17) is 0 Å². The lowest BCUT2D eigenvalue weighted by Crippen LogP contribution is -2.62. The summed E-state index contributed by atoms with van der Waals surface area (Å²) < 4.78 is 0.